The average molecular weight is 1540 g/mol. The highest BCUT2D eigenvalue weighted by Gasteiger charge is 2.30. The number of rotatable bonds is 86. The van der Waals surface area contributed by atoms with E-state index >= 15 is 0 Å². The van der Waals surface area contributed by atoms with Crippen LogP contribution in [0.1, 0.15) is 465 Å². The highest BCUT2D eigenvalue weighted by molar-refractivity contribution is 7.47. The largest absolute Gasteiger partial charge is 0.472 e. The highest BCUT2D eigenvalue weighted by Crippen LogP contribution is 2.45. The Bertz CT molecular complexity index is 2000. The Hall–Kier alpha value is -1.94. The molecule has 19 heteroatoms. The molecule has 0 aliphatic carbocycles. The fourth-order valence-electron chi connectivity index (χ4n) is 13.5. The lowest BCUT2D eigenvalue weighted by molar-refractivity contribution is -0.161. The number of phosphoric ester groups is 2. The van der Waals surface area contributed by atoms with Gasteiger partial charge in [0, 0.05) is 25.7 Å². The van der Waals surface area contributed by atoms with E-state index in [0.717, 1.165) is 96.3 Å². The van der Waals surface area contributed by atoms with Gasteiger partial charge in [-0.05, 0) is 31.6 Å². The lowest BCUT2D eigenvalue weighted by Crippen LogP contribution is -2.30. The van der Waals surface area contributed by atoms with Crippen molar-refractivity contribution in [2.45, 2.75) is 483 Å². The van der Waals surface area contributed by atoms with Gasteiger partial charge in [0.2, 0.25) is 0 Å². The van der Waals surface area contributed by atoms with Gasteiger partial charge in [-0.2, -0.15) is 0 Å². The van der Waals surface area contributed by atoms with E-state index in [1.807, 2.05) is 0 Å². The average Bonchev–Trinajstić information content (AvgIpc) is 0.923. The summed E-state index contributed by atoms with van der Waals surface area (Å²) >= 11 is 0. The molecule has 0 saturated heterocycles. The topological polar surface area (TPSA) is 237 Å². The number of unbranched alkanes of at least 4 members (excludes halogenated alkanes) is 58. The van der Waals surface area contributed by atoms with Gasteiger partial charge in [0.1, 0.15) is 19.3 Å². The van der Waals surface area contributed by atoms with Crippen LogP contribution in [-0.4, -0.2) is 96.7 Å². The molecule has 0 aliphatic rings. The van der Waals surface area contributed by atoms with Crippen molar-refractivity contribution in [3.63, 3.8) is 0 Å². The molecule has 0 aromatic carbocycles. The molecule has 0 heterocycles. The predicted molar refractivity (Wildman–Crippen MR) is 432 cm³/mol. The Kier molecular flexibility index (Phi) is 77.3. The minimum atomic E-state index is -4.97. The van der Waals surface area contributed by atoms with Crippen molar-refractivity contribution in [1.29, 1.82) is 0 Å². The quantitative estimate of drug-likeness (QED) is 0.0222. The zero-order valence-corrected chi connectivity index (χ0v) is 70.7. The fourth-order valence-corrected chi connectivity index (χ4v) is 15.1. The van der Waals surface area contributed by atoms with E-state index in [1.54, 1.807) is 0 Å². The Labute approximate surface area is 645 Å². The molecule has 0 aliphatic heterocycles. The first-order chi connectivity index (χ1) is 51.0. The summed E-state index contributed by atoms with van der Waals surface area (Å²) in [6.45, 7) is 7.30. The molecule has 0 bridgehead atoms. The molecule has 3 N–H and O–H groups in total. The van der Waals surface area contributed by atoms with Crippen molar-refractivity contribution in [1.82, 2.24) is 0 Å². The summed E-state index contributed by atoms with van der Waals surface area (Å²) in [5.41, 5.74) is 0. The van der Waals surface area contributed by atoms with Gasteiger partial charge in [0.05, 0.1) is 26.4 Å². The summed E-state index contributed by atoms with van der Waals surface area (Å²) in [4.78, 5) is 73.2. The van der Waals surface area contributed by atoms with Gasteiger partial charge < -0.3 is 33.8 Å². The second-order valence-corrected chi connectivity index (χ2v) is 34.3. The maximum absolute atomic E-state index is 13.1. The van der Waals surface area contributed by atoms with Crippen LogP contribution in [0.15, 0.2) is 0 Å². The van der Waals surface area contributed by atoms with Gasteiger partial charge in [-0.15, -0.1) is 0 Å². The Morgan fingerprint density at radius 2 is 0.438 bits per heavy atom. The second kappa shape index (κ2) is 78.7. The van der Waals surface area contributed by atoms with Crippen LogP contribution in [0.2, 0.25) is 0 Å². The first kappa shape index (κ1) is 103. The molecule has 0 saturated carbocycles. The molecule has 105 heavy (non-hydrogen) atoms. The lowest BCUT2D eigenvalue weighted by Gasteiger charge is -2.21. The van der Waals surface area contributed by atoms with E-state index in [9.17, 15) is 43.2 Å². The van der Waals surface area contributed by atoms with Crippen molar-refractivity contribution in [3.05, 3.63) is 0 Å². The van der Waals surface area contributed by atoms with Crippen LogP contribution in [0, 0.1) is 5.92 Å². The number of aliphatic hydroxyl groups is 1. The van der Waals surface area contributed by atoms with E-state index in [4.69, 9.17) is 37.0 Å². The third kappa shape index (κ3) is 79.9. The van der Waals surface area contributed by atoms with E-state index < -0.39 is 97.5 Å². The zero-order chi connectivity index (χ0) is 76.9. The minimum absolute atomic E-state index is 0.108. The maximum Gasteiger partial charge on any atom is 0.472 e. The van der Waals surface area contributed by atoms with Crippen LogP contribution in [0.25, 0.3) is 0 Å². The second-order valence-electron chi connectivity index (χ2n) is 31.4. The van der Waals surface area contributed by atoms with Crippen molar-refractivity contribution in [3.8, 4) is 0 Å². The first-order valence-corrected chi connectivity index (χ1v) is 47.6. The number of phosphoric acid groups is 2. The highest BCUT2D eigenvalue weighted by atomic mass is 31.2. The molecule has 0 amide bonds. The van der Waals surface area contributed by atoms with Crippen molar-refractivity contribution in [2.24, 2.45) is 5.92 Å². The van der Waals surface area contributed by atoms with E-state index in [2.05, 4.69) is 34.6 Å². The number of ether oxygens (including phenoxy) is 4. The summed E-state index contributed by atoms with van der Waals surface area (Å²) in [6, 6.07) is 0. The molecule has 0 aromatic rings. The Morgan fingerprint density at radius 3 is 0.648 bits per heavy atom. The SMILES string of the molecule is CCCCCCCCCCCCCCCCCCCCCCCCC(=O)O[C@H](COC(=O)CCCCCCCCCCCCCCCCCCCCC)COP(=O)(O)OC[C@@H](O)COP(=O)(O)OC[C@@H](COC(=O)CCCCCCCCCC(C)C)OC(=O)CCCCCCCCCCCCCCCC. The third-order valence-electron chi connectivity index (χ3n) is 20.3. The van der Waals surface area contributed by atoms with Gasteiger partial charge in [-0.3, -0.25) is 37.3 Å². The number of hydrogen-bond donors (Lipinski definition) is 3. The molecule has 17 nitrogen and oxygen atoms in total. The normalized spacial score (nSPS) is 13.8. The summed E-state index contributed by atoms with van der Waals surface area (Å²) in [5, 5.41) is 10.7. The first-order valence-electron chi connectivity index (χ1n) is 44.6. The van der Waals surface area contributed by atoms with Gasteiger partial charge >= 0.3 is 39.5 Å². The number of carbonyl (C=O) groups excluding carboxylic acids is 4. The fraction of sp³-hybridized carbons (Fsp3) is 0.953. The molecule has 0 rings (SSSR count). The van der Waals surface area contributed by atoms with Gasteiger partial charge in [0.15, 0.2) is 12.2 Å². The smallest absolute Gasteiger partial charge is 0.462 e. The summed E-state index contributed by atoms with van der Waals surface area (Å²) in [5.74, 6) is -1.40. The predicted octanol–water partition coefficient (Wildman–Crippen LogP) is 26.4. The maximum atomic E-state index is 13.1. The van der Waals surface area contributed by atoms with Crippen LogP contribution >= 0.6 is 15.6 Å². The number of carbonyl (C=O) groups is 4. The van der Waals surface area contributed by atoms with Crippen molar-refractivity contribution < 1.29 is 80.2 Å². The van der Waals surface area contributed by atoms with Gasteiger partial charge in [0.25, 0.3) is 0 Å². The summed E-state index contributed by atoms with van der Waals surface area (Å²) in [6.07, 6.45) is 72.4. The third-order valence-corrected chi connectivity index (χ3v) is 22.2. The van der Waals surface area contributed by atoms with Crippen molar-refractivity contribution >= 4 is 39.5 Å². The van der Waals surface area contributed by atoms with E-state index in [1.165, 1.54) is 283 Å². The van der Waals surface area contributed by atoms with Gasteiger partial charge in [-0.1, -0.05) is 413 Å². The van der Waals surface area contributed by atoms with E-state index in [0.29, 0.717) is 31.6 Å². The molecule has 5 atom stereocenters. The molecule has 0 spiro atoms. The monoisotopic (exact) mass is 1540 g/mol. The number of esters is 4. The van der Waals surface area contributed by atoms with Crippen LogP contribution < -0.4 is 0 Å². The molecule has 0 radical (unpaired) electrons. The van der Waals surface area contributed by atoms with Crippen molar-refractivity contribution in [2.75, 3.05) is 39.6 Å². The van der Waals surface area contributed by atoms with Crippen LogP contribution in [0.3, 0.4) is 0 Å². The standard InChI is InChI=1S/C86H168O17P2/c1-6-9-12-15-18-21-24-27-30-32-34-35-36-38-40-42-45-48-51-56-62-67-72-85(90)102-81(75-96-83(88)69-64-59-54-49-46-44-41-39-37-33-31-28-25-22-19-16-13-10-7-2)77-100-104(92,93)98-73-80(87)74-99-105(94,95)101-78-82(76-97-84(89)70-65-60-57-52-53-58-63-68-79(4)5)103-86(91)71-66-61-55-50-47-43-29-26-23-20-17-14-11-8-3/h79-82,87H,6-78H2,1-5H3,(H,92,93)(H,94,95)/t80-,81-,82-/m1/s1. The van der Waals surface area contributed by atoms with Crippen LogP contribution in [-0.2, 0) is 65.4 Å². The summed E-state index contributed by atoms with van der Waals surface area (Å²) in [7, 11) is -9.92. The number of hydrogen-bond acceptors (Lipinski definition) is 15. The molecule has 2 unspecified atom stereocenters. The molecule has 0 aromatic heterocycles. The molecule has 0 fully saturated rings. The molecular formula is C86H168O17P2. The van der Waals surface area contributed by atoms with Crippen LogP contribution in [0.5, 0.6) is 0 Å². The zero-order valence-electron chi connectivity index (χ0n) is 68.9. The Balaban J connectivity index is 5.21. The molecular weight excluding hydrogens is 1370 g/mol. The summed E-state index contributed by atoms with van der Waals surface area (Å²) < 4.78 is 68.9. The minimum Gasteiger partial charge on any atom is -0.462 e. The lowest BCUT2D eigenvalue weighted by atomic mass is 10.0. The van der Waals surface area contributed by atoms with E-state index in [-0.39, 0.29) is 25.7 Å². The number of aliphatic hydroxyl groups excluding tert-OH is 1. The van der Waals surface area contributed by atoms with Crippen LogP contribution in [0.4, 0.5) is 0 Å². The van der Waals surface area contributed by atoms with Gasteiger partial charge in [-0.25, -0.2) is 9.13 Å². The molecule has 624 valence electrons. The Morgan fingerprint density at radius 1 is 0.257 bits per heavy atom.